The Hall–Kier alpha value is -1.50. The molecule has 0 heterocycles. The van der Waals surface area contributed by atoms with E-state index in [-0.39, 0.29) is 0 Å². The predicted octanol–water partition coefficient (Wildman–Crippen LogP) is 1.87. The Morgan fingerprint density at radius 1 is 1.50 bits per heavy atom. The van der Waals surface area contributed by atoms with Crippen LogP contribution in [0.1, 0.15) is 18.4 Å². The summed E-state index contributed by atoms with van der Waals surface area (Å²) in [6.45, 7) is 1.64. The summed E-state index contributed by atoms with van der Waals surface area (Å²) in [4.78, 5) is 0. The number of anilines is 1. The first-order chi connectivity index (χ1) is 8.78. The van der Waals surface area contributed by atoms with Gasteiger partial charge < -0.3 is 15.2 Å². The van der Waals surface area contributed by atoms with Gasteiger partial charge in [-0.15, -0.1) is 6.42 Å². The lowest BCUT2D eigenvalue weighted by atomic mass is 10.2. The zero-order valence-electron chi connectivity index (χ0n) is 10.4. The number of aliphatic hydroxyl groups is 1. The van der Waals surface area contributed by atoms with E-state index in [1.54, 1.807) is 0 Å². The first-order valence-electron chi connectivity index (χ1n) is 6.34. The average molecular weight is 245 g/mol. The van der Waals surface area contributed by atoms with Crippen LogP contribution in [0.25, 0.3) is 0 Å². The molecule has 0 spiro atoms. The summed E-state index contributed by atoms with van der Waals surface area (Å²) in [7, 11) is 0. The van der Waals surface area contributed by atoms with Gasteiger partial charge in [0.1, 0.15) is 0 Å². The molecule has 0 saturated heterocycles. The molecule has 1 aromatic rings. The van der Waals surface area contributed by atoms with Gasteiger partial charge in [-0.2, -0.15) is 0 Å². The summed E-state index contributed by atoms with van der Waals surface area (Å²) in [6, 6.07) is 7.59. The van der Waals surface area contributed by atoms with Crippen molar-refractivity contribution in [3.8, 4) is 12.3 Å². The largest absolute Gasteiger partial charge is 0.389 e. The molecule has 1 aromatic carbocycles. The van der Waals surface area contributed by atoms with E-state index in [1.807, 2.05) is 24.3 Å². The number of rotatable bonds is 7. The van der Waals surface area contributed by atoms with Crippen molar-refractivity contribution < 1.29 is 9.84 Å². The Labute approximate surface area is 108 Å². The fourth-order valence-corrected chi connectivity index (χ4v) is 1.67. The minimum Gasteiger partial charge on any atom is -0.389 e. The molecule has 1 atom stereocenters. The molecule has 96 valence electrons. The maximum atomic E-state index is 9.74. The maximum absolute atomic E-state index is 9.74. The van der Waals surface area contributed by atoms with E-state index in [9.17, 15) is 5.11 Å². The van der Waals surface area contributed by atoms with Crippen molar-refractivity contribution in [2.75, 3.05) is 25.1 Å². The smallest absolute Gasteiger partial charge is 0.0945 e. The number of aliphatic hydroxyl groups excluding tert-OH is 1. The van der Waals surface area contributed by atoms with Crippen LogP contribution in [0.5, 0.6) is 0 Å². The first kappa shape index (κ1) is 12.9. The van der Waals surface area contributed by atoms with Crippen LogP contribution >= 0.6 is 0 Å². The normalized spacial score (nSPS) is 16.0. The van der Waals surface area contributed by atoms with Crippen molar-refractivity contribution in [1.82, 2.24) is 0 Å². The van der Waals surface area contributed by atoms with Crippen molar-refractivity contribution in [2.24, 2.45) is 5.92 Å². The zero-order chi connectivity index (χ0) is 12.8. The molecule has 0 amide bonds. The van der Waals surface area contributed by atoms with Gasteiger partial charge in [0.05, 0.1) is 12.7 Å². The van der Waals surface area contributed by atoms with Crippen molar-refractivity contribution in [3.05, 3.63) is 29.8 Å². The number of hydrogen-bond acceptors (Lipinski definition) is 3. The molecule has 1 aliphatic rings. The third-order valence-corrected chi connectivity index (χ3v) is 2.93. The Morgan fingerprint density at radius 3 is 3.06 bits per heavy atom. The molecule has 18 heavy (non-hydrogen) atoms. The van der Waals surface area contributed by atoms with Crippen LogP contribution in [-0.4, -0.2) is 31.0 Å². The summed E-state index contributed by atoms with van der Waals surface area (Å²) >= 11 is 0. The Morgan fingerprint density at radius 2 is 2.33 bits per heavy atom. The fraction of sp³-hybridized carbons (Fsp3) is 0.467. The van der Waals surface area contributed by atoms with E-state index in [0.717, 1.165) is 23.8 Å². The highest BCUT2D eigenvalue weighted by molar-refractivity contribution is 5.49. The number of nitrogens with one attached hydrogen (secondary N) is 1. The van der Waals surface area contributed by atoms with Gasteiger partial charge in [-0.05, 0) is 37.0 Å². The number of terminal acetylenes is 1. The number of hydrogen-bond donors (Lipinski definition) is 2. The lowest BCUT2D eigenvalue weighted by Crippen LogP contribution is -2.25. The average Bonchev–Trinajstić information content (AvgIpc) is 3.21. The monoisotopic (exact) mass is 245 g/mol. The molecule has 0 radical (unpaired) electrons. The quantitative estimate of drug-likeness (QED) is 0.721. The third-order valence-electron chi connectivity index (χ3n) is 2.93. The van der Waals surface area contributed by atoms with Crippen LogP contribution in [0.3, 0.4) is 0 Å². The molecule has 1 fully saturated rings. The van der Waals surface area contributed by atoms with E-state index in [0.29, 0.717) is 13.2 Å². The molecular formula is C15H19NO2. The fourth-order valence-electron chi connectivity index (χ4n) is 1.67. The molecule has 1 saturated carbocycles. The summed E-state index contributed by atoms with van der Waals surface area (Å²) in [5, 5.41) is 12.9. The molecule has 3 nitrogen and oxygen atoms in total. The second-order valence-corrected chi connectivity index (χ2v) is 4.74. The van der Waals surface area contributed by atoms with E-state index in [2.05, 4.69) is 11.2 Å². The van der Waals surface area contributed by atoms with E-state index in [4.69, 9.17) is 11.2 Å². The molecule has 3 heteroatoms. The van der Waals surface area contributed by atoms with Crippen molar-refractivity contribution in [3.63, 3.8) is 0 Å². The molecule has 1 unspecified atom stereocenters. The zero-order valence-corrected chi connectivity index (χ0v) is 10.4. The van der Waals surface area contributed by atoms with Crippen LogP contribution in [0.15, 0.2) is 24.3 Å². The Bertz CT molecular complexity index is 421. The van der Waals surface area contributed by atoms with Crippen molar-refractivity contribution in [2.45, 2.75) is 18.9 Å². The molecule has 2 N–H and O–H groups in total. The van der Waals surface area contributed by atoms with Crippen LogP contribution in [-0.2, 0) is 4.74 Å². The van der Waals surface area contributed by atoms with Crippen LogP contribution in [0, 0.1) is 18.3 Å². The van der Waals surface area contributed by atoms with E-state index < -0.39 is 6.10 Å². The van der Waals surface area contributed by atoms with Crippen LogP contribution in [0.4, 0.5) is 5.69 Å². The van der Waals surface area contributed by atoms with Gasteiger partial charge in [0, 0.05) is 24.4 Å². The summed E-state index contributed by atoms with van der Waals surface area (Å²) in [6.07, 6.45) is 7.38. The second kappa shape index (κ2) is 6.44. The Balaban J connectivity index is 1.67. The standard InChI is InChI=1S/C15H19NO2/c1-2-12-4-3-5-14(8-12)16-9-15(17)11-18-10-13-6-7-13/h1,3-5,8,13,15-17H,6-7,9-11H2. The minimum absolute atomic E-state index is 0.387. The molecule has 2 rings (SSSR count). The van der Waals surface area contributed by atoms with Gasteiger partial charge in [-0.25, -0.2) is 0 Å². The van der Waals surface area contributed by atoms with Gasteiger partial charge in [-0.3, -0.25) is 0 Å². The number of benzene rings is 1. The topological polar surface area (TPSA) is 41.5 Å². The lowest BCUT2D eigenvalue weighted by Gasteiger charge is -2.13. The predicted molar refractivity (Wildman–Crippen MR) is 72.4 cm³/mol. The maximum Gasteiger partial charge on any atom is 0.0945 e. The molecular weight excluding hydrogens is 226 g/mol. The van der Waals surface area contributed by atoms with Gasteiger partial charge in [-0.1, -0.05) is 12.0 Å². The molecule has 0 aliphatic heterocycles. The highest BCUT2D eigenvalue weighted by Gasteiger charge is 2.21. The number of ether oxygens (including phenoxy) is 1. The first-order valence-corrected chi connectivity index (χ1v) is 6.34. The molecule has 0 aromatic heterocycles. The van der Waals surface area contributed by atoms with Gasteiger partial charge in [0.2, 0.25) is 0 Å². The highest BCUT2D eigenvalue weighted by atomic mass is 16.5. The van der Waals surface area contributed by atoms with Crippen molar-refractivity contribution in [1.29, 1.82) is 0 Å². The molecule has 0 bridgehead atoms. The minimum atomic E-state index is -0.488. The van der Waals surface area contributed by atoms with Gasteiger partial charge >= 0.3 is 0 Å². The third kappa shape index (κ3) is 4.40. The van der Waals surface area contributed by atoms with Gasteiger partial charge in [0.15, 0.2) is 0 Å². The highest BCUT2D eigenvalue weighted by Crippen LogP contribution is 2.28. The lowest BCUT2D eigenvalue weighted by molar-refractivity contribution is 0.0386. The molecule has 1 aliphatic carbocycles. The van der Waals surface area contributed by atoms with Crippen LogP contribution < -0.4 is 5.32 Å². The summed E-state index contributed by atoms with van der Waals surface area (Å²) in [5.74, 6) is 3.32. The second-order valence-electron chi connectivity index (χ2n) is 4.74. The SMILES string of the molecule is C#Cc1cccc(NCC(O)COCC2CC2)c1. The Kier molecular flexibility index (Phi) is 4.63. The van der Waals surface area contributed by atoms with Gasteiger partial charge in [0.25, 0.3) is 0 Å². The summed E-state index contributed by atoms with van der Waals surface area (Å²) < 4.78 is 5.43. The van der Waals surface area contributed by atoms with Crippen molar-refractivity contribution >= 4 is 5.69 Å². The van der Waals surface area contributed by atoms with E-state index >= 15 is 0 Å². The van der Waals surface area contributed by atoms with Crippen LogP contribution in [0.2, 0.25) is 0 Å². The van der Waals surface area contributed by atoms with E-state index in [1.165, 1.54) is 12.8 Å². The summed E-state index contributed by atoms with van der Waals surface area (Å²) in [5.41, 5.74) is 1.76.